The number of ether oxygens (including phenoxy) is 2. The zero-order valence-corrected chi connectivity index (χ0v) is 20.0. The van der Waals surface area contributed by atoms with Crippen LogP contribution < -0.4 is 19.9 Å². The van der Waals surface area contributed by atoms with Crippen LogP contribution in [0.2, 0.25) is 0 Å². The van der Waals surface area contributed by atoms with E-state index in [1.54, 1.807) is 7.11 Å². The predicted octanol–water partition coefficient (Wildman–Crippen LogP) is 1.66. The van der Waals surface area contributed by atoms with Gasteiger partial charge >= 0.3 is 6.03 Å². The molecular weight excluding hydrogens is 434 g/mol. The fraction of sp³-hybridized carbons (Fsp3) is 0.542. The van der Waals surface area contributed by atoms with Gasteiger partial charge in [-0.3, -0.25) is 0 Å². The highest BCUT2D eigenvalue weighted by Gasteiger charge is 2.30. The number of rotatable bonds is 4. The van der Waals surface area contributed by atoms with Crippen LogP contribution in [0.4, 0.5) is 22.2 Å². The number of nitrogens with one attached hydrogen (secondary N) is 1. The van der Waals surface area contributed by atoms with Gasteiger partial charge in [0.15, 0.2) is 0 Å². The highest BCUT2D eigenvalue weighted by Crippen LogP contribution is 2.30. The maximum atomic E-state index is 13.1. The molecule has 0 bridgehead atoms. The number of morpholine rings is 1. The lowest BCUT2D eigenvalue weighted by Crippen LogP contribution is -2.47. The molecule has 3 aliphatic heterocycles. The minimum atomic E-state index is -0.125. The van der Waals surface area contributed by atoms with Crippen molar-refractivity contribution >= 4 is 23.5 Å². The Hall–Kier alpha value is -3.11. The summed E-state index contributed by atoms with van der Waals surface area (Å²) < 4.78 is 10.8. The second-order valence-electron chi connectivity index (χ2n) is 9.00. The van der Waals surface area contributed by atoms with Gasteiger partial charge in [-0.05, 0) is 19.2 Å². The monoisotopic (exact) mass is 467 g/mol. The highest BCUT2D eigenvalue weighted by molar-refractivity contribution is 5.89. The summed E-state index contributed by atoms with van der Waals surface area (Å²) >= 11 is 0. The maximum absolute atomic E-state index is 13.1. The zero-order chi connectivity index (χ0) is 23.5. The van der Waals surface area contributed by atoms with Gasteiger partial charge in [0, 0.05) is 69.6 Å². The number of carbonyl (C=O) groups excluding carboxylic acids is 1. The van der Waals surface area contributed by atoms with E-state index in [-0.39, 0.29) is 6.03 Å². The normalized spacial score (nSPS) is 19.1. The van der Waals surface area contributed by atoms with Crippen molar-refractivity contribution in [2.75, 3.05) is 88.3 Å². The fourth-order valence-electron chi connectivity index (χ4n) is 4.65. The Balaban J connectivity index is 1.40. The number of urea groups is 1. The van der Waals surface area contributed by atoms with E-state index in [2.05, 4.69) is 27.1 Å². The number of benzene rings is 1. The molecule has 0 aliphatic carbocycles. The third-order valence-electron chi connectivity index (χ3n) is 6.73. The number of methoxy groups -OCH3 is 1. The Morgan fingerprint density at radius 3 is 2.59 bits per heavy atom. The molecular formula is C24H33N7O3. The minimum absolute atomic E-state index is 0.125. The fourth-order valence-corrected chi connectivity index (χ4v) is 4.65. The standard InChI is InChI=1S/C24H33N7O3/c1-28-8-10-29(11-9-28)22-20-17-31(24(32)25-18-4-3-5-19(16-18)33-2)7-6-21(20)26-23(27-22)30-12-14-34-15-13-30/h3-5,16H,6-15,17H2,1-2H3,(H,25,32). The molecule has 0 radical (unpaired) electrons. The molecule has 1 aromatic heterocycles. The van der Waals surface area contributed by atoms with E-state index in [9.17, 15) is 4.79 Å². The second-order valence-corrected chi connectivity index (χ2v) is 9.00. The number of hydrogen-bond acceptors (Lipinski definition) is 8. The summed E-state index contributed by atoms with van der Waals surface area (Å²) in [5.74, 6) is 2.46. The van der Waals surface area contributed by atoms with Crippen LogP contribution in [0.25, 0.3) is 0 Å². The average Bonchev–Trinajstić information content (AvgIpc) is 2.89. The van der Waals surface area contributed by atoms with E-state index in [1.165, 1.54) is 0 Å². The average molecular weight is 468 g/mol. The number of hydrogen-bond donors (Lipinski definition) is 1. The molecule has 1 aromatic carbocycles. The van der Waals surface area contributed by atoms with Gasteiger partial charge in [0.1, 0.15) is 11.6 Å². The van der Waals surface area contributed by atoms with Crippen LogP contribution >= 0.6 is 0 Å². The summed E-state index contributed by atoms with van der Waals surface area (Å²) in [6, 6.07) is 7.29. The third-order valence-corrected chi connectivity index (χ3v) is 6.73. The van der Waals surface area contributed by atoms with E-state index in [1.807, 2.05) is 29.2 Å². The Morgan fingerprint density at radius 2 is 1.82 bits per heavy atom. The number of fused-ring (bicyclic) bond motifs is 1. The van der Waals surface area contributed by atoms with E-state index in [0.29, 0.717) is 44.2 Å². The van der Waals surface area contributed by atoms with E-state index >= 15 is 0 Å². The topological polar surface area (TPSA) is 86.3 Å². The molecule has 10 nitrogen and oxygen atoms in total. The quantitative estimate of drug-likeness (QED) is 0.727. The summed E-state index contributed by atoms with van der Waals surface area (Å²) in [4.78, 5) is 31.9. The van der Waals surface area contributed by atoms with Gasteiger partial charge in [-0.2, -0.15) is 4.98 Å². The van der Waals surface area contributed by atoms with Crippen LogP contribution in [0.3, 0.4) is 0 Å². The lowest BCUT2D eigenvalue weighted by atomic mass is 10.1. The SMILES string of the molecule is COc1cccc(NC(=O)N2CCc3nc(N4CCOCC4)nc(N4CCN(C)CC4)c3C2)c1. The Morgan fingerprint density at radius 1 is 1.03 bits per heavy atom. The number of piperazine rings is 1. The molecule has 1 N–H and O–H groups in total. The van der Waals surface area contributed by atoms with Gasteiger partial charge in [-0.15, -0.1) is 0 Å². The first-order valence-electron chi connectivity index (χ1n) is 12.0. The van der Waals surface area contributed by atoms with Crippen LogP contribution in [0.5, 0.6) is 5.75 Å². The first kappa shape index (κ1) is 22.7. The zero-order valence-electron chi connectivity index (χ0n) is 20.0. The molecule has 0 saturated carbocycles. The molecule has 4 heterocycles. The largest absolute Gasteiger partial charge is 0.497 e. The molecule has 5 rings (SSSR count). The van der Waals surface area contributed by atoms with Crippen molar-refractivity contribution in [3.05, 3.63) is 35.5 Å². The minimum Gasteiger partial charge on any atom is -0.497 e. The molecule has 2 saturated heterocycles. The Kier molecular flexibility index (Phi) is 6.68. The number of carbonyl (C=O) groups is 1. The van der Waals surface area contributed by atoms with Crippen molar-refractivity contribution in [1.82, 2.24) is 19.8 Å². The number of aromatic nitrogens is 2. The summed E-state index contributed by atoms with van der Waals surface area (Å²) in [5, 5.41) is 3.01. The van der Waals surface area contributed by atoms with Crippen LogP contribution in [0, 0.1) is 0 Å². The van der Waals surface area contributed by atoms with Crippen molar-refractivity contribution in [3.8, 4) is 5.75 Å². The molecule has 34 heavy (non-hydrogen) atoms. The number of nitrogens with zero attached hydrogens (tertiary/aromatic N) is 6. The lowest BCUT2D eigenvalue weighted by Gasteiger charge is -2.38. The lowest BCUT2D eigenvalue weighted by molar-refractivity contribution is 0.122. The van der Waals surface area contributed by atoms with E-state index < -0.39 is 0 Å². The highest BCUT2D eigenvalue weighted by atomic mass is 16.5. The first-order chi connectivity index (χ1) is 16.6. The van der Waals surface area contributed by atoms with Crippen LogP contribution in [-0.4, -0.2) is 99.0 Å². The molecule has 0 unspecified atom stereocenters. The Bertz CT molecular complexity index is 1020. The Labute approximate surface area is 200 Å². The first-order valence-corrected chi connectivity index (χ1v) is 12.0. The van der Waals surface area contributed by atoms with Gasteiger partial charge in [-0.25, -0.2) is 9.78 Å². The van der Waals surface area contributed by atoms with Crippen LogP contribution in [0.15, 0.2) is 24.3 Å². The van der Waals surface area contributed by atoms with Gasteiger partial charge in [-0.1, -0.05) is 6.07 Å². The van der Waals surface area contributed by atoms with Crippen LogP contribution in [-0.2, 0) is 17.7 Å². The molecule has 2 fully saturated rings. The van der Waals surface area contributed by atoms with Gasteiger partial charge in [0.2, 0.25) is 5.95 Å². The van der Waals surface area contributed by atoms with Gasteiger partial charge in [0.25, 0.3) is 0 Å². The van der Waals surface area contributed by atoms with Crippen LogP contribution in [0.1, 0.15) is 11.3 Å². The van der Waals surface area contributed by atoms with Crippen molar-refractivity contribution < 1.29 is 14.3 Å². The molecule has 2 aromatic rings. The molecule has 182 valence electrons. The molecule has 2 amide bonds. The summed E-state index contributed by atoms with van der Waals surface area (Å²) in [5.41, 5.74) is 2.83. The second kappa shape index (κ2) is 10.0. The van der Waals surface area contributed by atoms with Gasteiger partial charge < -0.3 is 34.4 Å². The maximum Gasteiger partial charge on any atom is 0.322 e. The summed E-state index contributed by atoms with van der Waals surface area (Å²) in [7, 11) is 3.77. The number of anilines is 3. The number of likely N-dealkylation sites (N-methyl/N-ethyl adjacent to an activating group) is 1. The number of amides is 2. The smallest absolute Gasteiger partial charge is 0.322 e. The van der Waals surface area contributed by atoms with Crippen molar-refractivity contribution in [2.24, 2.45) is 0 Å². The molecule has 10 heteroatoms. The van der Waals surface area contributed by atoms with E-state index in [4.69, 9.17) is 19.4 Å². The molecule has 0 atom stereocenters. The van der Waals surface area contributed by atoms with Crippen molar-refractivity contribution in [2.45, 2.75) is 13.0 Å². The predicted molar refractivity (Wildman–Crippen MR) is 131 cm³/mol. The summed E-state index contributed by atoms with van der Waals surface area (Å²) in [6.07, 6.45) is 0.710. The molecule has 0 spiro atoms. The van der Waals surface area contributed by atoms with Crippen molar-refractivity contribution in [3.63, 3.8) is 0 Å². The van der Waals surface area contributed by atoms with E-state index in [0.717, 1.165) is 62.3 Å². The molecule has 3 aliphatic rings. The third kappa shape index (κ3) is 4.88. The van der Waals surface area contributed by atoms with Gasteiger partial charge in [0.05, 0.1) is 32.6 Å². The summed E-state index contributed by atoms with van der Waals surface area (Å²) in [6.45, 7) is 7.92. The van der Waals surface area contributed by atoms with Crippen molar-refractivity contribution in [1.29, 1.82) is 0 Å².